The Labute approximate surface area is 144 Å². The zero-order chi connectivity index (χ0) is 17.8. The van der Waals surface area contributed by atoms with Crippen LogP contribution < -0.4 is 15.4 Å². The average Bonchev–Trinajstić information content (AvgIpc) is 3.10. The van der Waals surface area contributed by atoms with E-state index in [1.165, 1.54) is 11.0 Å². The molecule has 1 aromatic carbocycles. The molecule has 1 aromatic heterocycles. The Balaban J connectivity index is 1.56. The van der Waals surface area contributed by atoms with Gasteiger partial charge in [-0.2, -0.15) is 4.68 Å². The van der Waals surface area contributed by atoms with E-state index in [9.17, 15) is 9.59 Å². The summed E-state index contributed by atoms with van der Waals surface area (Å²) in [6.07, 6.45) is 2.58. The summed E-state index contributed by atoms with van der Waals surface area (Å²) in [6.45, 7) is 2.37. The number of ether oxygens (including phenoxy) is 1. The summed E-state index contributed by atoms with van der Waals surface area (Å²) in [5, 5.41) is 16.6. The highest BCUT2D eigenvalue weighted by molar-refractivity contribution is 5.91. The van der Waals surface area contributed by atoms with Crippen LogP contribution in [0.25, 0.3) is 5.69 Å². The van der Waals surface area contributed by atoms with Crippen molar-refractivity contribution >= 4 is 17.5 Å². The van der Waals surface area contributed by atoms with Crippen molar-refractivity contribution in [2.24, 2.45) is 11.8 Å². The van der Waals surface area contributed by atoms with Crippen LogP contribution in [0.2, 0.25) is 0 Å². The summed E-state index contributed by atoms with van der Waals surface area (Å²) < 4.78 is 6.73. The fraction of sp³-hybridized carbons (Fsp3) is 0.438. The summed E-state index contributed by atoms with van der Waals surface area (Å²) in [6, 6.07) is 5.18. The van der Waals surface area contributed by atoms with E-state index in [4.69, 9.17) is 4.74 Å². The molecule has 0 saturated heterocycles. The fourth-order valence-electron chi connectivity index (χ4n) is 2.56. The molecule has 1 aliphatic rings. The van der Waals surface area contributed by atoms with Crippen LogP contribution in [0.3, 0.4) is 0 Å². The van der Waals surface area contributed by atoms with Crippen LogP contribution in [0.5, 0.6) is 5.75 Å². The lowest BCUT2D eigenvalue weighted by Gasteiger charge is -2.11. The van der Waals surface area contributed by atoms with Gasteiger partial charge in [-0.1, -0.05) is 6.92 Å². The minimum absolute atomic E-state index is 0.0331. The molecule has 2 N–H and O–H groups in total. The molecule has 3 rings (SSSR count). The third-order valence-electron chi connectivity index (χ3n) is 4.16. The second-order valence-electron chi connectivity index (χ2n) is 6.05. The summed E-state index contributed by atoms with van der Waals surface area (Å²) >= 11 is 0. The highest BCUT2D eigenvalue weighted by Gasteiger charge is 2.38. The van der Waals surface area contributed by atoms with Crippen LogP contribution in [-0.4, -0.2) is 45.7 Å². The van der Waals surface area contributed by atoms with Gasteiger partial charge in [0.2, 0.25) is 11.8 Å². The molecule has 0 aliphatic heterocycles. The van der Waals surface area contributed by atoms with Crippen LogP contribution in [-0.2, 0) is 9.59 Å². The molecule has 0 radical (unpaired) electrons. The van der Waals surface area contributed by atoms with Crippen LogP contribution in [0.1, 0.15) is 19.8 Å². The SMILES string of the molecule is COc1ccc(NC(=O)CCNC(=O)[C@H]2C[C@@H]2C)cc1-n1cnnn1. The maximum atomic E-state index is 12.1. The molecule has 1 fully saturated rings. The van der Waals surface area contributed by atoms with E-state index in [1.807, 2.05) is 6.92 Å². The lowest BCUT2D eigenvalue weighted by molar-refractivity contribution is -0.122. The van der Waals surface area contributed by atoms with Gasteiger partial charge in [-0.3, -0.25) is 9.59 Å². The van der Waals surface area contributed by atoms with Gasteiger partial charge in [-0.05, 0) is 41.0 Å². The first-order valence-electron chi connectivity index (χ1n) is 8.07. The molecule has 2 amide bonds. The fourth-order valence-corrected chi connectivity index (χ4v) is 2.56. The second kappa shape index (κ2) is 7.29. The number of hydrogen-bond donors (Lipinski definition) is 2. The number of nitrogens with one attached hydrogen (secondary N) is 2. The van der Waals surface area contributed by atoms with E-state index >= 15 is 0 Å². The third kappa shape index (κ3) is 4.11. The summed E-state index contributed by atoms with van der Waals surface area (Å²) in [5.41, 5.74) is 1.21. The normalized spacial score (nSPS) is 18.5. The summed E-state index contributed by atoms with van der Waals surface area (Å²) in [4.78, 5) is 23.8. The topological polar surface area (TPSA) is 111 Å². The number of tetrazole rings is 1. The Morgan fingerprint density at radius 2 is 2.20 bits per heavy atom. The number of benzene rings is 1. The Morgan fingerprint density at radius 1 is 1.40 bits per heavy atom. The van der Waals surface area contributed by atoms with Crippen molar-refractivity contribution in [3.8, 4) is 11.4 Å². The molecule has 9 heteroatoms. The van der Waals surface area contributed by atoms with Gasteiger partial charge in [0.15, 0.2) is 0 Å². The highest BCUT2D eigenvalue weighted by atomic mass is 16.5. The molecule has 132 valence electrons. The van der Waals surface area contributed by atoms with Crippen molar-refractivity contribution in [3.63, 3.8) is 0 Å². The molecular weight excluding hydrogens is 324 g/mol. The number of anilines is 1. The lowest BCUT2D eigenvalue weighted by Crippen LogP contribution is -2.29. The van der Waals surface area contributed by atoms with E-state index in [0.29, 0.717) is 29.6 Å². The first-order valence-corrected chi connectivity index (χ1v) is 8.07. The quantitative estimate of drug-likeness (QED) is 0.767. The molecule has 1 heterocycles. The zero-order valence-electron chi connectivity index (χ0n) is 14.1. The van der Waals surface area contributed by atoms with Crippen molar-refractivity contribution in [2.75, 3.05) is 19.0 Å². The lowest BCUT2D eigenvalue weighted by atomic mass is 10.2. The van der Waals surface area contributed by atoms with Gasteiger partial charge in [0.1, 0.15) is 17.8 Å². The molecular formula is C16H20N6O3. The molecule has 2 aromatic rings. The number of carbonyl (C=O) groups excluding carboxylic acids is 2. The van der Waals surface area contributed by atoms with Crippen LogP contribution >= 0.6 is 0 Å². The van der Waals surface area contributed by atoms with Gasteiger partial charge >= 0.3 is 0 Å². The van der Waals surface area contributed by atoms with Crippen molar-refractivity contribution in [1.82, 2.24) is 25.5 Å². The van der Waals surface area contributed by atoms with Crippen molar-refractivity contribution in [2.45, 2.75) is 19.8 Å². The minimum Gasteiger partial charge on any atom is -0.494 e. The molecule has 2 atom stereocenters. The van der Waals surface area contributed by atoms with Crippen LogP contribution in [0.4, 0.5) is 5.69 Å². The first kappa shape index (κ1) is 16.9. The van der Waals surface area contributed by atoms with E-state index in [1.54, 1.807) is 25.3 Å². The number of carbonyl (C=O) groups is 2. The summed E-state index contributed by atoms with van der Waals surface area (Å²) in [7, 11) is 1.55. The number of methoxy groups -OCH3 is 1. The van der Waals surface area contributed by atoms with Crippen molar-refractivity contribution in [1.29, 1.82) is 0 Å². The minimum atomic E-state index is -0.183. The van der Waals surface area contributed by atoms with Gasteiger partial charge in [0.25, 0.3) is 0 Å². The number of rotatable bonds is 7. The number of hydrogen-bond acceptors (Lipinski definition) is 6. The first-order chi connectivity index (χ1) is 12.1. The highest BCUT2D eigenvalue weighted by Crippen LogP contribution is 2.37. The van der Waals surface area contributed by atoms with Crippen molar-refractivity contribution in [3.05, 3.63) is 24.5 Å². The van der Waals surface area contributed by atoms with Crippen LogP contribution in [0.15, 0.2) is 24.5 Å². The maximum absolute atomic E-state index is 12.1. The zero-order valence-corrected chi connectivity index (χ0v) is 14.1. The van der Waals surface area contributed by atoms with Gasteiger partial charge in [0.05, 0.1) is 7.11 Å². The predicted molar refractivity (Wildman–Crippen MR) is 89.2 cm³/mol. The van der Waals surface area contributed by atoms with E-state index < -0.39 is 0 Å². The number of aromatic nitrogens is 4. The summed E-state index contributed by atoms with van der Waals surface area (Å²) in [5.74, 6) is 1.00. The van der Waals surface area contributed by atoms with Gasteiger partial charge in [-0.25, -0.2) is 0 Å². The maximum Gasteiger partial charge on any atom is 0.226 e. The smallest absolute Gasteiger partial charge is 0.226 e. The molecule has 0 spiro atoms. The Bertz CT molecular complexity index is 761. The molecule has 25 heavy (non-hydrogen) atoms. The monoisotopic (exact) mass is 344 g/mol. The van der Waals surface area contributed by atoms with Gasteiger partial charge in [-0.15, -0.1) is 5.10 Å². The largest absolute Gasteiger partial charge is 0.494 e. The number of nitrogens with zero attached hydrogens (tertiary/aromatic N) is 4. The number of amides is 2. The average molecular weight is 344 g/mol. The molecule has 0 unspecified atom stereocenters. The van der Waals surface area contributed by atoms with E-state index in [2.05, 4.69) is 26.2 Å². The van der Waals surface area contributed by atoms with E-state index in [-0.39, 0.29) is 24.2 Å². The predicted octanol–water partition coefficient (Wildman–Crippen LogP) is 0.772. The molecule has 9 nitrogen and oxygen atoms in total. The van der Waals surface area contributed by atoms with E-state index in [0.717, 1.165) is 6.42 Å². The standard InChI is InChI=1S/C16H20N6O3/c1-10-7-12(10)16(24)17-6-5-15(23)19-11-3-4-14(25-2)13(8-11)22-9-18-20-21-22/h3-4,8-10,12H,5-7H2,1-2H3,(H,17,24)(H,19,23)/t10-,12-/m0/s1. The molecule has 1 aliphatic carbocycles. The second-order valence-corrected chi connectivity index (χ2v) is 6.05. The Hall–Kier alpha value is -2.97. The Kier molecular flexibility index (Phi) is 4.92. The third-order valence-corrected chi connectivity index (χ3v) is 4.16. The van der Waals surface area contributed by atoms with Gasteiger partial charge in [0, 0.05) is 24.6 Å². The molecule has 1 saturated carbocycles. The van der Waals surface area contributed by atoms with Crippen LogP contribution in [0, 0.1) is 11.8 Å². The Morgan fingerprint density at radius 3 is 2.84 bits per heavy atom. The molecule has 0 bridgehead atoms. The van der Waals surface area contributed by atoms with Gasteiger partial charge < -0.3 is 15.4 Å². The van der Waals surface area contributed by atoms with Crippen molar-refractivity contribution < 1.29 is 14.3 Å².